The molecule has 0 spiro atoms. The number of benzene rings is 3. The maximum Gasteiger partial charge on any atom is 0.411 e. The van der Waals surface area contributed by atoms with Crippen LogP contribution in [0.25, 0.3) is 0 Å². The first-order valence-corrected chi connectivity index (χ1v) is 16.3. The summed E-state index contributed by atoms with van der Waals surface area (Å²) in [5, 5.41) is 2.71. The van der Waals surface area contributed by atoms with Crippen LogP contribution in [-0.4, -0.2) is 34.3 Å². The van der Waals surface area contributed by atoms with E-state index in [9.17, 15) is 17.6 Å². The van der Waals surface area contributed by atoms with Crippen molar-refractivity contribution in [3.05, 3.63) is 89.2 Å². The van der Waals surface area contributed by atoms with Crippen molar-refractivity contribution < 1.29 is 31.3 Å². The monoisotopic (exact) mass is 607 g/mol. The zero-order valence-corrected chi connectivity index (χ0v) is 25.5. The van der Waals surface area contributed by atoms with Crippen molar-refractivity contribution in [1.82, 2.24) is 0 Å². The van der Waals surface area contributed by atoms with Gasteiger partial charge in [-0.05, 0) is 116 Å². The van der Waals surface area contributed by atoms with Crippen molar-refractivity contribution >= 4 is 21.9 Å². The molecule has 9 heteroatoms. The van der Waals surface area contributed by atoms with Crippen LogP contribution in [0.4, 0.5) is 14.9 Å². The number of hydrogen-bond acceptors (Lipinski definition) is 6. The second-order valence-electron chi connectivity index (χ2n) is 12.5. The molecule has 3 aromatic carbocycles. The highest BCUT2D eigenvalue weighted by Gasteiger charge is 2.60. The molecule has 0 heterocycles. The van der Waals surface area contributed by atoms with Crippen molar-refractivity contribution in [1.29, 1.82) is 0 Å². The van der Waals surface area contributed by atoms with Gasteiger partial charge in [0.25, 0.3) is 10.1 Å². The number of aryl methyl sites for hydroxylation is 2. The summed E-state index contributed by atoms with van der Waals surface area (Å²) in [6, 6.07) is 18.4. The third-order valence-electron chi connectivity index (χ3n) is 10.1. The molecule has 3 aliphatic carbocycles. The van der Waals surface area contributed by atoms with E-state index in [4.69, 9.17) is 13.7 Å². The summed E-state index contributed by atoms with van der Waals surface area (Å²) >= 11 is 0. The molecule has 0 unspecified atom stereocenters. The predicted octanol–water partition coefficient (Wildman–Crippen LogP) is 7.25. The number of carbonyl (C=O) groups is 1. The summed E-state index contributed by atoms with van der Waals surface area (Å²) in [7, 11) is -2.31. The highest BCUT2D eigenvalue weighted by atomic mass is 32.2. The number of rotatable bonds is 7. The Hall–Kier alpha value is -3.43. The van der Waals surface area contributed by atoms with Gasteiger partial charge in [-0.25, -0.2) is 9.18 Å². The van der Waals surface area contributed by atoms with Crippen molar-refractivity contribution in [2.75, 3.05) is 19.0 Å². The van der Waals surface area contributed by atoms with E-state index in [0.717, 1.165) is 37.0 Å². The van der Waals surface area contributed by atoms with E-state index < -0.39 is 28.1 Å². The highest BCUT2D eigenvalue weighted by Crippen LogP contribution is 2.63. The summed E-state index contributed by atoms with van der Waals surface area (Å²) in [6.45, 7) is 3.99. The molecule has 0 radical (unpaired) electrons. The third-order valence-corrected chi connectivity index (χ3v) is 11.4. The van der Waals surface area contributed by atoms with Crippen LogP contribution in [0.1, 0.15) is 55.2 Å². The molecule has 3 aliphatic rings. The summed E-state index contributed by atoms with van der Waals surface area (Å²) in [5.41, 5.74) is 3.72. The van der Waals surface area contributed by atoms with E-state index in [1.807, 2.05) is 13.0 Å². The zero-order valence-electron chi connectivity index (χ0n) is 24.7. The normalized spacial score (nSPS) is 27.9. The number of fused-ring (bicyclic) bond motifs is 5. The van der Waals surface area contributed by atoms with E-state index in [2.05, 4.69) is 24.4 Å². The van der Waals surface area contributed by atoms with Gasteiger partial charge in [-0.2, -0.15) is 8.42 Å². The minimum Gasteiger partial charge on any atom is -0.497 e. The van der Waals surface area contributed by atoms with E-state index >= 15 is 0 Å². The number of nitrogens with one attached hydrogen (secondary N) is 1. The fraction of sp³-hybridized carbons (Fsp3) is 0.441. The van der Waals surface area contributed by atoms with Gasteiger partial charge in [0.05, 0.1) is 18.6 Å². The van der Waals surface area contributed by atoms with Gasteiger partial charge in [-0.1, -0.05) is 30.7 Å². The summed E-state index contributed by atoms with van der Waals surface area (Å²) in [5.74, 6) is 1.14. The highest BCUT2D eigenvalue weighted by molar-refractivity contribution is 7.86. The minimum absolute atomic E-state index is 0.0814. The lowest BCUT2D eigenvalue weighted by atomic mass is 9.55. The van der Waals surface area contributed by atoms with Gasteiger partial charge in [-0.15, -0.1) is 0 Å². The van der Waals surface area contributed by atoms with E-state index in [-0.39, 0.29) is 28.8 Å². The molecule has 1 N–H and O–H groups in total. The van der Waals surface area contributed by atoms with Crippen LogP contribution in [0.2, 0.25) is 0 Å². The minimum atomic E-state index is -4.00. The van der Waals surface area contributed by atoms with Crippen LogP contribution in [-0.2, 0) is 25.5 Å². The molecule has 7 nitrogen and oxygen atoms in total. The van der Waals surface area contributed by atoms with Gasteiger partial charge in [0.2, 0.25) is 0 Å². The van der Waals surface area contributed by atoms with Gasteiger partial charge in [0.15, 0.2) is 0 Å². The third kappa shape index (κ3) is 5.77. The summed E-state index contributed by atoms with van der Waals surface area (Å²) in [4.78, 5) is 13.3. The molecule has 2 saturated carbocycles. The Morgan fingerprint density at radius 1 is 1.05 bits per heavy atom. The summed E-state index contributed by atoms with van der Waals surface area (Å²) < 4.78 is 57.0. The fourth-order valence-corrected chi connectivity index (χ4v) is 8.91. The topological polar surface area (TPSA) is 90.9 Å². The zero-order chi connectivity index (χ0) is 30.4. The van der Waals surface area contributed by atoms with Gasteiger partial charge in [-0.3, -0.25) is 9.50 Å². The van der Waals surface area contributed by atoms with Crippen LogP contribution >= 0.6 is 0 Å². The second kappa shape index (κ2) is 11.6. The molecule has 3 aromatic rings. The first-order chi connectivity index (χ1) is 20.6. The molecule has 6 rings (SSSR count). The molecule has 0 aliphatic heterocycles. The van der Waals surface area contributed by atoms with Crippen LogP contribution < -0.4 is 10.1 Å². The van der Waals surface area contributed by atoms with Gasteiger partial charge < -0.3 is 9.47 Å². The molecular weight excluding hydrogens is 569 g/mol. The Morgan fingerprint density at radius 2 is 1.79 bits per heavy atom. The maximum atomic E-state index is 13.4. The Labute approximate surface area is 252 Å². The molecule has 228 valence electrons. The van der Waals surface area contributed by atoms with Crippen molar-refractivity contribution in [2.45, 2.75) is 62.9 Å². The van der Waals surface area contributed by atoms with Gasteiger partial charge >= 0.3 is 6.09 Å². The number of ether oxygens (including phenoxy) is 2. The van der Waals surface area contributed by atoms with Crippen LogP contribution in [0.15, 0.2) is 71.6 Å². The van der Waals surface area contributed by atoms with Crippen LogP contribution in [0, 0.1) is 35.9 Å². The molecular formula is C34H38FNO6S. The lowest BCUT2D eigenvalue weighted by Gasteiger charge is -2.50. The number of carbonyl (C=O) groups excluding carboxylic acids is 1. The van der Waals surface area contributed by atoms with Gasteiger partial charge in [0.1, 0.15) is 17.7 Å². The molecule has 0 saturated heterocycles. The first-order valence-electron chi connectivity index (χ1n) is 14.9. The lowest BCUT2D eigenvalue weighted by Crippen LogP contribution is -2.46. The average molecular weight is 608 g/mol. The number of methoxy groups -OCH3 is 1. The molecule has 43 heavy (non-hydrogen) atoms. The smallest absolute Gasteiger partial charge is 0.411 e. The summed E-state index contributed by atoms with van der Waals surface area (Å²) in [6.07, 6.45) is 3.24. The SMILES string of the molecule is COc1ccc2c(c1)CC[C@@H]1[C@@H]2CC[C@@]2(C)[C@H]1C[C@H](COS(=O)(=O)c1ccc(C)cc1)[C@@H]2OC(=O)Nc1ccc(F)cc1. The maximum absolute atomic E-state index is 13.4. The number of amides is 1. The van der Waals surface area contributed by atoms with E-state index in [1.165, 1.54) is 35.4 Å². The van der Waals surface area contributed by atoms with Crippen LogP contribution in [0.3, 0.4) is 0 Å². The van der Waals surface area contributed by atoms with Gasteiger partial charge in [0, 0.05) is 17.0 Å². The fourth-order valence-electron chi connectivity index (χ4n) is 7.95. The Bertz CT molecular complexity index is 1590. The molecule has 0 aromatic heterocycles. The molecule has 0 bridgehead atoms. The second-order valence-corrected chi connectivity index (χ2v) is 14.1. The van der Waals surface area contributed by atoms with Crippen molar-refractivity contribution in [2.24, 2.45) is 23.2 Å². The van der Waals surface area contributed by atoms with Crippen molar-refractivity contribution in [3.8, 4) is 5.75 Å². The largest absolute Gasteiger partial charge is 0.497 e. The van der Waals surface area contributed by atoms with Crippen LogP contribution in [0.5, 0.6) is 5.75 Å². The van der Waals surface area contributed by atoms with Crippen molar-refractivity contribution in [3.63, 3.8) is 0 Å². The number of anilines is 1. The van der Waals surface area contributed by atoms with E-state index in [1.54, 1.807) is 31.4 Å². The standard InChI is InChI=1S/C34H38FNO6S/c1-21-4-12-27(13-5-21)43(38,39)41-20-23-19-31-30-14-6-22-18-26(40-3)11-15-28(22)29(30)16-17-34(31,2)32(23)42-33(37)36-25-9-7-24(35)8-10-25/h4-5,7-13,15,18,23,29-32H,6,14,16-17,19-20H2,1-3H3,(H,36,37)/t23-,29-,30-,31+,32+,34+/m1/s1. The van der Waals surface area contributed by atoms with E-state index in [0.29, 0.717) is 23.9 Å². The number of hydrogen-bond donors (Lipinski definition) is 1. The molecule has 2 fully saturated rings. The number of halogens is 1. The Kier molecular flexibility index (Phi) is 7.98. The molecule has 1 amide bonds. The lowest BCUT2D eigenvalue weighted by molar-refractivity contribution is -0.0414. The Balaban J connectivity index is 1.26. The Morgan fingerprint density at radius 3 is 2.51 bits per heavy atom. The quantitative estimate of drug-likeness (QED) is 0.285. The molecule has 6 atom stereocenters. The average Bonchev–Trinajstić information content (AvgIpc) is 3.28. The predicted molar refractivity (Wildman–Crippen MR) is 161 cm³/mol. The first kappa shape index (κ1) is 29.6.